The summed E-state index contributed by atoms with van der Waals surface area (Å²) in [6.45, 7) is 0.838. The summed E-state index contributed by atoms with van der Waals surface area (Å²) in [6, 6.07) is 8.45. The van der Waals surface area contributed by atoms with Gasteiger partial charge >= 0.3 is 29.2 Å². The molecular formula is C18H25N2O15P3. The molecule has 1 aromatic heterocycles. The van der Waals surface area contributed by atoms with Gasteiger partial charge in [0.2, 0.25) is 0 Å². The first-order valence-corrected chi connectivity index (χ1v) is 15.2. The third-order valence-electron chi connectivity index (χ3n) is 5.27. The van der Waals surface area contributed by atoms with Crippen molar-refractivity contribution in [3.63, 3.8) is 0 Å². The zero-order valence-electron chi connectivity index (χ0n) is 19.5. The molecule has 6 N–H and O–H groups in total. The second-order valence-corrected chi connectivity index (χ2v) is 12.6. The number of aromatic nitrogens is 2. The Kier molecular flexibility index (Phi) is 9.49. The Balaban J connectivity index is 1.71. The van der Waals surface area contributed by atoms with Crippen LogP contribution in [0.3, 0.4) is 0 Å². The number of phosphoric acid groups is 3. The summed E-state index contributed by atoms with van der Waals surface area (Å²) in [5.74, 6) is 0. The molecule has 212 valence electrons. The summed E-state index contributed by atoms with van der Waals surface area (Å²) in [5.41, 5.74) is 0.378. The van der Waals surface area contributed by atoms with Gasteiger partial charge in [-0.1, -0.05) is 29.8 Å². The van der Waals surface area contributed by atoms with Gasteiger partial charge in [0.25, 0.3) is 5.56 Å². The molecule has 0 spiro atoms. The van der Waals surface area contributed by atoms with Crippen molar-refractivity contribution < 1.29 is 61.4 Å². The van der Waals surface area contributed by atoms with Gasteiger partial charge in [-0.25, -0.2) is 18.5 Å². The first-order chi connectivity index (χ1) is 17.5. The van der Waals surface area contributed by atoms with Crippen molar-refractivity contribution in [3.8, 4) is 0 Å². The molecule has 38 heavy (non-hydrogen) atoms. The molecule has 2 unspecified atom stereocenters. The summed E-state index contributed by atoms with van der Waals surface area (Å²) in [4.78, 5) is 61.2. The molecule has 1 saturated heterocycles. The second-order valence-electron chi connectivity index (χ2n) is 8.16. The number of rotatable bonds is 11. The number of hydrogen-bond acceptors (Lipinski definition) is 11. The maximum atomic E-state index is 13.0. The summed E-state index contributed by atoms with van der Waals surface area (Å²) in [7, 11) is -16.9. The van der Waals surface area contributed by atoms with Crippen LogP contribution in [-0.4, -0.2) is 63.8 Å². The Morgan fingerprint density at radius 3 is 2.16 bits per heavy atom. The largest absolute Gasteiger partial charge is 0.490 e. The normalized spacial score (nSPS) is 25.1. The van der Waals surface area contributed by atoms with Gasteiger partial charge < -0.3 is 34.5 Å². The number of aryl methyl sites for hydroxylation is 2. The standard InChI is InChI=1S/C18H25N2O15P3/c1-11-2-4-12(5-3-11)6-8-19-14(21)7-9-20(18(19)24)17-16(23)15(22)13(33-17)10-32-37(28,29)35-38(30,31)34-36(25,26)27/h2-5,7,9,13,15-17,22-23H,6,8,10H2,1H3,(H,28,29)(H,30,31)(H2,25,26,27)/t13-,15+,16+,17-/m1/s1. The van der Waals surface area contributed by atoms with Crippen molar-refractivity contribution >= 4 is 23.5 Å². The van der Waals surface area contributed by atoms with Crippen molar-refractivity contribution in [1.82, 2.24) is 9.13 Å². The molecule has 3 rings (SSSR count). The SMILES string of the molecule is Cc1ccc(CCn2c(=O)ccn([C@@H]3O[C@H](COP(=O)(O)OP(=O)(O)OP(=O)(O)O)[C@H](O)[C@@H]3O)c2=O)cc1. The van der Waals surface area contributed by atoms with Gasteiger partial charge in [0, 0.05) is 18.8 Å². The molecule has 20 heteroatoms. The van der Waals surface area contributed by atoms with Crippen LogP contribution >= 0.6 is 23.5 Å². The van der Waals surface area contributed by atoms with Gasteiger partial charge in [0.15, 0.2) is 6.23 Å². The maximum Gasteiger partial charge on any atom is 0.490 e. The van der Waals surface area contributed by atoms with E-state index >= 15 is 0 Å². The van der Waals surface area contributed by atoms with Crippen molar-refractivity contribution in [2.24, 2.45) is 0 Å². The Hall–Kier alpha value is -1.81. The molecule has 17 nitrogen and oxygen atoms in total. The third-order valence-corrected chi connectivity index (χ3v) is 9.07. The molecule has 1 aliphatic rings. The molecule has 1 aromatic carbocycles. The molecule has 2 aromatic rings. The van der Waals surface area contributed by atoms with Gasteiger partial charge in [-0.2, -0.15) is 8.62 Å². The lowest BCUT2D eigenvalue weighted by Gasteiger charge is -2.19. The maximum absolute atomic E-state index is 13.0. The van der Waals surface area contributed by atoms with Gasteiger partial charge in [0.1, 0.15) is 18.3 Å². The number of phosphoric ester groups is 1. The average molecular weight is 602 g/mol. The molecule has 1 fully saturated rings. The van der Waals surface area contributed by atoms with Gasteiger partial charge in [-0.15, -0.1) is 0 Å². The second kappa shape index (κ2) is 11.7. The Morgan fingerprint density at radius 2 is 1.55 bits per heavy atom. The molecular weight excluding hydrogens is 577 g/mol. The molecule has 0 radical (unpaired) electrons. The third kappa shape index (κ3) is 8.10. The molecule has 0 bridgehead atoms. The predicted octanol–water partition coefficient (Wildman–Crippen LogP) is -0.476. The van der Waals surface area contributed by atoms with Crippen LogP contribution in [0.1, 0.15) is 17.4 Å². The molecule has 6 atom stereocenters. The minimum atomic E-state index is -5.76. The van der Waals surface area contributed by atoms with E-state index in [4.69, 9.17) is 14.5 Å². The van der Waals surface area contributed by atoms with Gasteiger partial charge in [-0.3, -0.25) is 18.5 Å². The first-order valence-electron chi connectivity index (χ1n) is 10.7. The Bertz CT molecular complexity index is 1400. The van der Waals surface area contributed by atoms with E-state index in [2.05, 4.69) is 13.1 Å². The number of aliphatic hydroxyl groups is 2. The molecule has 0 aliphatic carbocycles. The smallest absolute Gasteiger partial charge is 0.387 e. The monoisotopic (exact) mass is 602 g/mol. The van der Waals surface area contributed by atoms with Crippen LogP contribution in [0, 0.1) is 6.92 Å². The highest BCUT2D eigenvalue weighted by molar-refractivity contribution is 7.66. The minimum absolute atomic E-state index is 0.0115. The van der Waals surface area contributed by atoms with E-state index in [1.54, 1.807) is 0 Å². The fraction of sp³-hybridized carbons (Fsp3) is 0.444. The highest BCUT2D eigenvalue weighted by atomic mass is 31.3. The van der Waals surface area contributed by atoms with Crippen molar-refractivity contribution in [3.05, 3.63) is 68.5 Å². The van der Waals surface area contributed by atoms with Gasteiger partial charge in [0.05, 0.1) is 6.61 Å². The van der Waals surface area contributed by atoms with Crippen LogP contribution in [0.25, 0.3) is 0 Å². The minimum Gasteiger partial charge on any atom is -0.387 e. The van der Waals surface area contributed by atoms with Crippen LogP contribution in [0.15, 0.2) is 46.1 Å². The topological polar surface area (TPSA) is 254 Å². The van der Waals surface area contributed by atoms with E-state index in [0.29, 0.717) is 6.42 Å². The summed E-state index contributed by atoms with van der Waals surface area (Å²) >= 11 is 0. The number of hydrogen-bond donors (Lipinski definition) is 6. The zero-order chi connectivity index (χ0) is 28.5. The lowest BCUT2D eigenvalue weighted by molar-refractivity contribution is -0.0548. The number of aliphatic hydroxyl groups excluding tert-OH is 2. The highest BCUT2D eigenvalue weighted by Crippen LogP contribution is 2.66. The Morgan fingerprint density at radius 1 is 0.921 bits per heavy atom. The summed E-state index contributed by atoms with van der Waals surface area (Å²) in [6.07, 6.45) is -5.41. The summed E-state index contributed by atoms with van der Waals surface area (Å²) < 4.78 is 52.7. The van der Waals surface area contributed by atoms with Crippen molar-refractivity contribution in [2.75, 3.05) is 6.61 Å². The first kappa shape index (κ1) is 30.7. The van der Waals surface area contributed by atoms with Crippen LogP contribution in [0.4, 0.5) is 0 Å². The predicted molar refractivity (Wildman–Crippen MR) is 126 cm³/mol. The molecule has 1 aliphatic heterocycles. The van der Waals surface area contributed by atoms with E-state index in [1.165, 1.54) is 0 Å². The lowest BCUT2D eigenvalue weighted by Crippen LogP contribution is -2.43. The molecule has 0 amide bonds. The van der Waals surface area contributed by atoms with Crippen LogP contribution in [0.5, 0.6) is 0 Å². The Labute approximate surface area is 213 Å². The van der Waals surface area contributed by atoms with Crippen LogP contribution < -0.4 is 11.2 Å². The number of ether oxygens (including phenoxy) is 1. The van der Waals surface area contributed by atoms with Gasteiger partial charge in [-0.05, 0) is 18.9 Å². The molecule has 0 saturated carbocycles. The van der Waals surface area contributed by atoms with E-state index in [0.717, 1.165) is 32.5 Å². The van der Waals surface area contributed by atoms with Crippen LogP contribution in [-0.2, 0) is 44.5 Å². The molecule has 2 heterocycles. The zero-order valence-corrected chi connectivity index (χ0v) is 22.2. The van der Waals surface area contributed by atoms with Crippen molar-refractivity contribution in [2.45, 2.75) is 44.4 Å². The number of nitrogens with zero attached hydrogens (tertiary/aromatic N) is 2. The quantitative estimate of drug-likeness (QED) is 0.178. The van der Waals surface area contributed by atoms with E-state index in [-0.39, 0.29) is 6.54 Å². The average Bonchev–Trinajstić information content (AvgIpc) is 3.05. The summed E-state index contributed by atoms with van der Waals surface area (Å²) in [5, 5.41) is 20.7. The van der Waals surface area contributed by atoms with Crippen molar-refractivity contribution in [1.29, 1.82) is 0 Å². The van der Waals surface area contributed by atoms with E-state index in [1.807, 2.05) is 31.2 Å². The van der Waals surface area contributed by atoms with E-state index in [9.17, 15) is 43.3 Å². The highest BCUT2D eigenvalue weighted by Gasteiger charge is 2.46. The number of benzene rings is 1. The lowest BCUT2D eigenvalue weighted by atomic mass is 10.1. The fourth-order valence-corrected chi connectivity index (χ4v) is 6.52. The van der Waals surface area contributed by atoms with E-state index < -0.39 is 65.9 Å². The fourth-order valence-electron chi connectivity index (χ4n) is 3.49. The van der Waals surface area contributed by atoms with Crippen LogP contribution in [0.2, 0.25) is 0 Å².